The number of anilines is 1. The highest BCUT2D eigenvalue weighted by molar-refractivity contribution is 9.10. The zero-order valence-corrected chi connectivity index (χ0v) is 8.91. The van der Waals surface area contributed by atoms with Gasteiger partial charge >= 0.3 is 0 Å². The third-order valence-corrected chi connectivity index (χ3v) is 2.44. The minimum absolute atomic E-state index is 0.827. The summed E-state index contributed by atoms with van der Waals surface area (Å²) in [6.45, 7) is 2.78. The molecule has 0 radical (unpaired) electrons. The Morgan fingerprint density at radius 2 is 2.00 bits per heavy atom. The molecule has 0 N–H and O–H groups in total. The number of hydrogen-bond acceptors (Lipinski definition) is 2. The second kappa shape index (κ2) is 3.42. The molecular weight excluding hydrogens is 230 g/mol. The van der Waals surface area contributed by atoms with Gasteiger partial charge in [-0.3, -0.25) is 0 Å². The van der Waals surface area contributed by atoms with Crippen LogP contribution in [0.1, 0.15) is 6.92 Å². The first-order valence-electron chi connectivity index (χ1n) is 4.13. The molecule has 1 aromatic rings. The molecule has 0 unspecified atom stereocenters. The van der Waals surface area contributed by atoms with Gasteiger partial charge in [-0.25, -0.2) is 5.06 Å². The largest absolute Gasteiger partial charge is 0.384 e. The minimum Gasteiger partial charge on any atom is -0.384 e. The number of nitrogens with zero attached hydrogens (tertiary/aromatic N) is 1. The number of hydroxylamine groups is 1. The lowest BCUT2D eigenvalue weighted by Crippen LogP contribution is -2.16. The summed E-state index contributed by atoms with van der Waals surface area (Å²) >= 11 is 3.39. The fourth-order valence-corrected chi connectivity index (χ4v) is 1.49. The van der Waals surface area contributed by atoms with E-state index in [1.165, 1.54) is 0 Å². The van der Waals surface area contributed by atoms with Crippen molar-refractivity contribution in [2.24, 2.45) is 0 Å². The first-order valence-corrected chi connectivity index (χ1v) is 4.93. The Labute approximate surface area is 85.9 Å². The number of benzene rings is 1. The molecule has 0 atom stereocenters. The fourth-order valence-electron chi connectivity index (χ4n) is 1.23. The maximum absolute atomic E-state index is 5.47. The van der Waals surface area contributed by atoms with Crippen molar-refractivity contribution >= 4 is 21.6 Å². The van der Waals surface area contributed by atoms with Crippen LogP contribution >= 0.6 is 15.9 Å². The molecule has 0 amide bonds. The second-order valence-corrected chi connectivity index (χ2v) is 3.86. The molecule has 2 rings (SSSR count). The number of allylic oxidation sites excluding steroid dienone is 1. The van der Waals surface area contributed by atoms with Crippen LogP contribution in [0.3, 0.4) is 0 Å². The molecule has 0 bridgehead atoms. The van der Waals surface area contributed by atoms with Crippen molar-refractivity contribution in [2.75, 3.05) is 11.6 Å². The quantitative estimate of drug-likeness (QED) is 0.747. The van der Waals surface area contributed by atoms with Gasteiger partial charge in [-0.05, 0) is 37.3 Å². The van der Waals surface area contributed by atoms with Crippen molar-refractivity contribution in [3.8, 4) is 0 Å². The molecule has 0 aromatic heterocycles. The smallest absolute Gasteiger partial charge is 0.127 e. The molecule has 1 aromatic carbocycles. The molecule has 0 aliphatic carbocycles. The van der Waals surface area contributed by atoms with E-state index in [9.17, 15) is 0 Å². The van der Waals surface area contributed by atoms with Crippen molar-refractivity contribution in [3.05, 3.63) is 40.6 Å². The summed E-state index contributed by atoms with van der Waals surface area (Å²) in [6.07, 6.45) is 2.06. The van der Waals surface area contributed by atoms with E-state index in [0.717, 1.165) is 22.5 Å². The van der Waals surface area contributed by atoms with Gasteiger partial charge < -0.3 is 4.84 Å². The Hall–Kier alpha value is -0.960. The van der Waals surface area contributed by atoms with Crippen molar-refractivity contribution in [1.29, 1.82) is 0 Å². The van der Waals surface area contributed by atoms with Gasteiger partial charge in [0, 0.05) is 4.47 Å². The summed E-state index contributed by atoms with van der Waals surface area (Å²) < 4.78 is 1.08. The summed E-state index contributed by atoms with van der Waals surface area (Å²) in [5.41, 5.74) is 1.08. The Morgan fingerprint density at radius 3 is 2.54 bits per heavy atom. The van der Waals surface area contributed by atoms with Crippen LogP contribution in [0.25, 0.3) is 0 Å². The standard InChI is InChI=1S/C10H10BrNO/c1-8-6-7-12(13-8)10-4-2-9(11)3-5-10/h2-6H,7H2,1H3. The van der Waals surface area contributed by atoms with Crippen molar-refractivity contribution < 1.29 is 4.84 Å². The maximum atomic E-state index is 5.47. The van der Waals surface area contributed by atoms with Crippen LogP contribution in [0.4, 0.5) is 5.69 Å². The third-order valence-electron chi connectivity index (χ3n) is 1.91. The van der Waals surface area contributed by atoms with Crippen LogP contribution in [0, 0.1) is 0 Å². The minimum atomic E-state index is 0.827. The number of rotatable bonds is 1. The second-order valence-electron chi connectivity index (χ2n) is 2.94. The highest BCUT2D eigenvalue weighted by Crippen LogP contribution is 2.22. The summed E-state index contributed by atoms with van der Waals surface area (Å²) in [6, 6.07) is 8.06. The van der Waals surface area contributed by atoms with Crippen LogP contribution in [0.15, 0.2) is 40.6 Å². The maximum Gasteiger partial charge on any atom is 0.127 e. The van der Waals surface area contributed by atoms with Crippen molar-refractivity contribution in [1.82, 2.24) is 0 Å². The Kier molecular flexibility index (Phi) is 2.27. The van der Waals surface area contributed by atoms with Crippen LogP contribution in [-0.4, -0.2) is 6.54 Å². The Morgan fingerprint density at radius 1 is 1.31 bits per heavy atom. The SMILES string of the molecule is CC1=CCN(c2ccc(Br)cc2)O1. The topological polar surface area (TPSA) is 12.5 Å². The van der Waals surface area contributed by atoms with Crippen LogP contribution in [0.2, 0.25) is 0 Å². The van der Waals surface area contributed by atoms with E-state index in [0.29, 0.717) is 0 Å². The van der Waals surface area contributed by atoms with E-state index < -0.39 is 0 Å². The van der Waals surface area contributed by atoms with Gasteiger partial charge in [-0.2, -0.15) is 0 Å². The summed E-state index contributed by atoms with van der Waals surface area (Å²) in [7, 11) is 0. The molecule has 2 nitrogen and oxygen atoms in total. The molecule has 3 heteroatoms. The fraction of sp³-hybridized carbons (Fsp3) is 0.200. The van der Waals surface area contributed by atoms with Crippen molar-refractivity contribution in [3.63, 3.8) is 0 Å². The van der Waals surface area contributed by atoms with E-state index in [1.807, 2.05) is 36.3 Å². The van der Waals surface area contributed by atoms with Gasteiger partial charge in [0.05, 0.1) is 12.2 Å². The molecular formula is C10H10BrNO. The normalized spacial score (nSPS) is 15.5. The van der Waals surface area contributed by atoms with Gasteiger partial charge in [0.15, 0.2) is 0 Å². The van der Waals surface area contributed by atoms with Gasteiger partial charge in [-0.1, -0.05) is 15.9 Å². The molecule has 0 fully saturated rings. The van der Waals surface area contributed by atoms with Gasteiger partial charge in [0.1, 0.15) is 5.76 Å². The molecule has 0 spiro atoms. The lowest BCUT2D eigenvalue weighted by Gasteiger charge is -2.17. The van der Waals surface area contributed by atoms with Crippen LogP contribution in [-0.2, 0) is 4.84 Å². The van der Waals surface area contributed by atoms with Crippen LogP contribution in [0.5, 0.6) is 0 Å². The lowest BCUT2D eigenvalue weighted by molar-refractivity contribution is 0.214. The zero-order valence-electron chi connectivity index (χ0n) is 7.33. The monoisotopic (exact) mass is 239 g/mol. The first kappa shape index (κ1) is 8.63. The van der Waals surface area contributed by atoms with Gasteiger partial charge in [0.2, 0.25) is 0 Å². The molecule has 1 heterocycles. The predicted molar refractivity (Wildman–Crippen MR) is 56.3 cm³/mol. The molecule has 0 saturated heterocycles. The van der Waals surface area contributed by atoms with Gasteiger partial charge in [0.25, 0.3) is 0 Å². The summed E-state index contributed by atoms with van der Waals surface area (Å²) in [5, 5.41) is 1.86. The number of hydrogen-bond donors (Lipinski definition) is 0. The first-order chi connectivity index (χ1) is 6.25. The summed E-state index contributed by atoms with van der Waals surface area (Å²) in [4.78, 5) is 5.47. The van der Waals surface area contributed by atoms with Crippen LogP contribution < -0.4 is 5.06 Å². The average molecular weight is 240 g/mol. The molecule has 13 heavy (non-hydrogen) atoms. The molecule has 1 aliphatic heterocycles. The lowest BCUT2D eigenvalue weighted by atomic mass is 10.3. The highest BCUT2D eigenvalue weighted by atomic mass is 79.9. The molecule has 1 aliphatic rings. The average Bonchev–Trinajstić information content (AvgIpc) is 2.53. The predicted octanol–water partition coefficient (Wildman–Crippen LogP) is 3.10. The third kappa shape index (κ3) is 1.86. The van der Waals surface area contributed by atoms with Gasteiger partial charge in [-0.15, -0.1) is 0 Å². The Balaban J connectivity index is 2.14. The summed E-state index contributed by atoms with van der Waals surface area (Å²) in [5.74, 6) is 0.961. The highest BCUT2D eigenvalue weighted by Gasteiger charge is 2.12. The number of halogens is 1. The molecule has 68 valence electrons. The Bertz CT molecular complexity index is 331. The van der Waals surface area contributed by atoms with E-state index in [4.69, 9.17) is 4.84 Å². The molecule has 0 saturated carbocycles. The van der Waals surface area contributed by atoms with E-state index >= 15 is 0 Å². The van der Waals surface area contributed by atoms with E-state index in [-0.39, 0.29) is 0 Å². The van der Waals surface area contributed by atoms with E-state index in [2.05, 4.69) is 22.0 Å². The van der Waals surface area contributed by atoms with Crippen molar-refractivity contribution in [2.45, 2.75) is 6.92 Å². The van der Waals surface area contributed by atoms with E-state index in [1.54, 1.807) is 0 Å². The zero-order chi connectivity index (χ0) is 9.26.